The Morgan fingerprint density at radius 1 is 1.16 bits per heavy atom. The summed E-state index contributed by atoms with van der Waals surface area (Å²) in [5.41, 5.74) is 3.52. The number of unbranched alkanes of at least 4 members (excludes halogenated alkanes) is 2. The lowest BCUT2D eigenvalue weighted by Crippen LogP contribution is -2.25. The van der Waals surface area contributed by atoms with E-state index in [9.17, 15) is 4.79 Å². The van der Waals surface area contributed by atoms with Crippen molar-refractivity contribution in [3.8, 4) is 0 Å². The molecule has 0 unspecified atom stereocenters. The van der Waals surface area contributed by atoms with Crippen LogP contribution in [-0.4, -0.2) is 29.7 Å². The summed E-state index contributed by atoms with van der Waals surface area (Å²) in [6.45, 7) is 6.13. The molecule has 1 amide bonds. The topological polar surface area (TPSA) is 54.0 Å². The summed E-state index contributed by atoms with van der Waals surface area (Å²) in [7, 11) is 0. The van der Waals surface area contributed by atoms with E-state index in [4.69, 9.17) is 0 Å². The van der Waals surface area contributed by atoms with Crippen LogP contribution in [0.5, 0.6) is 0 Å². The van der Waals surface area contributed by atoms with Crippen molar-refractivity contribution in [2.24, 2.45) is 5.92 Å². The van der Waals surface area contributed by atoms with Gasteiger partial charge in [0.15, 0.2) is 0 Å². The lowest BCUT2D eigenvalue weighted by molar-refractivity contribution is -0.118. The molecule has 1 heterocycles. The first-order chi connectivity index (χ1) is 12.1. The molecule has 1 aromatic carbocycles. The number of carbonyl (C=O) groups excluding carboxylic acids is 1. The van der Waals surface area contributed by atoms with Crippen LogP contribution in [0.4, 0.5) is 5.69 Å². The lowest BCUT2D eigenvalue weighted by atomic mass is 9.98. The van der Waals surface area contributed by atoms with E-state index < -0.39 is 0 Å². The number of hydrogen-bond donors (Lipinski definition) is 3. The molecule has 0 atom stereocenters. The van der Waals surface area contributed by atoms with Gasteiger partial charge in [0.1, 0.15) is 0 Å². The minimum Gasteiger partial charge on any atom is -0.383 e. The molecule has 5 heteroatoms. The van der Waals surface area contributed by atoms with Crippen molar-refractivity contribution in [1.29, 1.82) is 0 Å². The maximum atomic E-state index is 11.1. The number of fused-ring (bicyclic) bond motifs is 1. The Morgan fingerprint density at radius 3 is 2.72 bits per heavy atom. The average Bonchev–Trinajstić information content (AvgIpc) is 2.61. The molecule has 4 nitrogen and oxygen atoms in total. The normalized spacial score (nSPS) is 11.0. The Hall–Kier alpha value is -1.75. The van der Waals surface area contributed by atoms with E-state index in [-0.39, 0.29) is 11.7 Å². The Kier molecular flexibility index (Phi) is 8.06. The summed E-state index contributed by atoms with van der Waals surface area (Å²) in [6, 6.07) is 8.55. The number of rotatable bonds is 10. The van der Waals surface area contributed by atoms with Gasteiger partial charge in [-0.2, -0.15) is 12.6 Å². The molecule has 2 aromatic rings. The quantitative estimate of drug-likeness (QED) is 0.443. The van der Waals surface area contributed by atoms with E-state index in [0.717, 1.165) is 50.0 Å². The van der Waals surface area contributed by atoms with Crippen LogP contribution in [0.1, 0.15) is 38.7 Å². The van der Waals surface area contributed by atoms with Crippen LogP contribution in [0.15, 0.2) is 30.5 Å². The van der Waals surface area contributed by atoms with Gasteiger partial charge >= 0.3 is 0 Å². The fraction of sp³-hybridized carbons (Fsp3) is 0.500. The molecule has 2 N–H and O–H groups in total. The summed E-state index contributed by atoms with van der Waals surface area (Å²) >= 11 is 3.94. The van der Waals surface area contributed by atoms with Crippen LogP contribution in [-0.2, 0) is 11.2 Å². The van der Waals surface area contributed by atoms with Gasteiger partial charge in [-0.05, 0) is 49.3 Å². The number of nitrogens with one attached hydrogen (secondary N) is 2. The molecule has 25 heavy (non-hydrogen) atoms. The standard InChI is InChI=1S/C20H29N3OS/c1-15(2)13-16-8-9-18(20-17(16)7-6-12-23-20)21-10-4-3-5-11-22-19(24)14-25/h6-9,12,15,21,25H,3-5,10-11,13-14H2,1-2H3,(H,22,24). The first kappa shape index (κ1) is 19.6. The Morgan fingerprint density at radius 2 is 1.96 bits per heavy atom. The molecule has 0 aliphatic rings. The highest BCUT2D eigenvalue weighted by atomic mass is 32.1. The third kappa shape index (κ3) is 6.24. The minimum atomic E-state index is 0.000454. The third-order valence-corrected chi connectivity index (χ3v) is 4.41. The zero-order valence-corrected chi connectivity index (χ0v) is 16.1. The number of carbonyl (C=O) groups is 1. The number of amides is 1. The number of anilines is 1. The van der Waals surface area contributed by atoms with Crippen molar-refractivity contribution < 1.29 is 4.79 Å². The van der Waals surface area contributed by atoms with Crippen molar-refractivity contribution in [2.75, 3.05) is 24.2 Å². The highest BCUT2D eigenvalue weighted by Crippen LogP contribution is 2.26. The molecular weight excluding hydrogens is 330 g/mol. The number of thiol groups is 1. The highest BCUT2D eigenvalue weighted by Gasteiger charge is 2.08. The number of benzene rings is 1. The van der Waals surface area contributed by atoms with Gasteiger partial charge < -0.3 is 10.6 Å². The zero-order chi connectivity index (χ0) is 18.1. The van der Waals surface area contributed by atoms with E-state index in [2.05, 4.69) is 60.3 Å². The third-order valence-electron chi connectivity index (χ3n) is 4.12. The molecule has 0 saturated heterocycles. The van der Waals surface area contributed by atoms with Crippen LogP contribution in [0.25, 0.3) is 10.9 Å². The summed E-state index contributed by atoms with van der Waals surface area (Å²) in [4.78, 5) is 15.7. The van der Waals surface area contributed by atoms with Crippen molar-refractivity contribution in [3.05, 3.63) is 36.0 Å². The summed E-state index contributed by atoms with van der Waals surface area (Å²) in [5, 5.41) is 7.60. The van der Waals surface area contributed by atoms with Crippen molar-refractivity contribution in [3.63, 3.8) is 0 Å². The van der Waals surface area contributed by atoms with Gasteiger partial charge in [0, 0.05) is 24.7 Å². The first-order valence-corrected chi connectivity index (χ1v) is 9.73. The van der Waals surface area contributed by atoms with E-state index in [1.54, 1.807) is 0 Å². The van der Waals surface area contributed by atoms with E-state index in [0.29, 0.717) is 5.92 Å². The first-order valence-electron chi connectivity index (χ1n) is 9.10. The van der Waals surface area contributed by atoms with Crippen molar-refractivity contribution in [1.82, 2.24) is 10.3 Å². The predicted octanol–water partition coefficient (Wildman–Crippen LogP) is 4.06. The summed E-state index contributed by atoms with van der Waals surface area (Å²) < 4.78 is 0. The van der Waals surface area contributed by atoms with Gasteiger partial charge in [0.2, 0.25) is 5.91 Å². The second-order valence-corrected chi connectivity index (χ2v) is 7.08. The zero-order valence-electron chi connectivity index (χ0n) is 15.2. The van der Waals surface area contributed by atoms with Gasteiger partial charge in [0.25, 0.3) is 0 Å². The van der Waals surface area contributed by atoms with Crippen LogP contribution in [0, 0.1) is 5.92 Å². The van der Waals surface area contributed by atoms with Gasteiger partial charge in [-0.3, -0.25) is 9.78 Å². The molecule has 0 spiro atoms. The number of pyridine rings is 1. The molecule has 0 saturated carbocycles. The molecule has 2 rings (SSSR count). The maximum absolute atomic E-state index is 11.1. The van der Waals surface area contributed by atoms with Crippen LogP contribution in [0.2, 0.25) is 0 Å². The number of aromatic nitrogens is 1. The SMILES string of the molecule is CC(C)Cc1ccc(NCCCCCNC(=O)CS)c2ncccc12. The smallest absolute Gasteiger partial charge is 0.229 e. The lowest BCUT2D eigenvalue weighted by Gasteiger charge is -2.13. The molecule has 1 aromatic heterocycles. The van der Waals surface area contributed by atoms with Gasteiger partial charge in [0.05, 0.1) is 17.0 Å². The Bertz CT molecular complexity index is 688. The number of hydrogen-bond acceptors (Lipinski definition) is 4. The van der Waals surface area contributed by atoms with E-state index in [1.807, 2.05) is 12.3 Å². The Labute approximate surface area is 156 Å². The highest BCUT2D eigenvalue weighted by molar-refractivity contribution is 7.81. The van der Waals surface area contributed by atoms with Gasteiger partial charge in [-0.15, -0.1) is 0 Å². The number of nitrogens with zero attached hydrogens (tertiary/aromatic N) is 1. The fourth-order valence-corrected chi connectivity index (χ4v) is 3.04. The molecule has 0 radical (unpaired) electrons. The van der Waals surface area contributed by atoms with Crippen molar-refractivity contribution >= 4 is 35.1 Å². The molecule has 0 fully saturated rings. The van der Waals surface area contributed by atoms with Gasteiger partial charge in [-0.25, -0.2) is 0 Å². The molecular formula is C20H29N3OS. The van der Waals surface area contributed by atoms with Crippen LogP contribution < -0.4 is 10.6 Å². The van der Waals surface area contributed by atoms with Gasteiger partial charge in [-0.1, -0.05) is 26.0 Å². The van der Waals surface area contributed by atoms with Crippen molar-refractivity contribution in [2.45, 2.75) is 39.5 Å². The second-order valence-electron chi connectivity index (χ2n) is 6.77. The second kappa shape index (κ2) is 10.3. The van der Waals surface area contributed by atoms with E-state index >= 15 is 0 Å². The summed E-state index contributed by atoms with van der Waals surface area (Å²) in [6.07, 6.45) is 6.07. The van der Waals surface area contributed by atoms with Crippen LogP contribution >= 0.6 is 12.6 Å². The molecule has 136 valence electrons. The predicted molar refractivity (Wildman–Crippen MR) is 109 cm³/mol. The molecule has 0 aliphatic carbocycles. The molecule has 0 bridgehead atoms. The largest absolute Gasteiger partial charge is 0.383 e. The molecule has 0 aliphatic heterocycles. The monoisotopic (exact) mass is 359 g/mol. The average molecular weight is 360 g/mol. The van der Waals surface area contributed by atoms with E-state index in [1.165, 1.54) is 10.9 Å². The van der Waals surface area contributed by atoms with Crippen LogP contribution in [0.3, 0.4) is 0 Å². The summed E-state index contributed by atoms with van der Waals surface area (Å²) in [5.74, 6) is 0.889. The Balaban J connectivity index is 1.86. The fourth-order valence-electron chi connectivity index (χ4n) is 2.93. The minimum absolute atomic E-state index is 0.000454. The maximum Gasteiger partial charge on any atom is 0.229 e.